The quantitative estimate of drug-likeness (QED) is 0.251. The number of carbonyl (C=O) groups excluding carboxylic acids is 3. The second kappa shape index (κ2) is 18.4. The van der Waals surface area contributed by atoms with Gasteiger partial charge in [-0.2, -0.15) is 13.2 Å². The molecule has 0 saturated carbocycles. The lowest BCUT2D eigenvalue weighted by Crippen LogP contribution is -2.52. The zero-order valence-electron chi connectivity index (χ0n) is 25.2. The van der Waals surface area contributed by atoms with Gasteiger partial charge >= 0.3 is 30.1 Å². The summed E-state index contributed by atoms with van der Waals surface area (Å²) in [5.41, 5.74) is 0.569. The minimum atomic E-state index is -4.49. The molecule has 1 saturated heterocycles. The Labute approximate surface area is 254 Å². The van der Waals surface area contributed by atoms with Crippen molar-refractivity contribution in [3.05, 3.63) is 29.8 Å². The van der Waals surface area contributed by atoms with Crippen molar-refractivity contribution in [1.82, 2.24) is 19.6 Å². The number of hydrogen-bond acceptors (Lipinski definition) is 12. The van der Waals surface area contributed by atoms with Crippen molar-refractivity contribution in [2.45, 2.75) is 18.6 Å². The lowest BCUT2D eigenvalue weighted by Gasteiger charge is -2.35. The normalized spacial score (nSPS) is 17.5. The van der Waals surface area contributed by atoms with Gasteiger partial charge in [-0.15, -0.1) is 0 Å². The highest BCUT2D eigenvalue weighted by Crippen LogP contribution is 2.20. The third-order valence-corrected chi connectivity index (χ3v) is 7.09. The first-order chi connectivity index (χ1) is 20.8. The summed E-state index contributed by atoms with van der Waals surface area (Å²) in [5.74, 6) is -2.50. The predicted octanol–water partition coefficient (Wildman–Crippen LogP) is 0.364. The molecule has 1 aromatic rings. The Hall–Kier alpha value is -3.47. The number of carboxylic acids is 1. The Morgan fingerprint density at radius 3 is 1.45 bits per heavy atom. The van der Waals surface area contributed by atoms with Crippen LogP contribution in [0.2, 0.25) is 0 Å². The SMILES string of the molecule is COC(=O)CN1CCN(CC(=O)OC)CCN(C(Cc2ccc(OCC(F)(F)F)cc2)C(=O)O)CCN(CC(=O)OC)CC1. The maximum Gasteiger partial charge on any atom is 0.422 e. The molecule has 1 atom stereocenters. The van der Waals surface area contributed by atoms with E-state index in [-0.39, 0.29) is 58.0 Å². The van der Waals surface area contributed by atoms with Crippen LogP contribution in [0.4, 0.5) is 13.2 Å². The molecule has 1 aromatic carbocycles. The van der Waals surface area contributed by atoms with Gasteiger partial charge in [0.05, 0.1) is 41.0 Å². The number of carboxylic acid groups (broad SMARTS) is 1. The maximum atomic E-state index is 12.5. The topological polar surface area (TPSA) is 138 Å². The van der Waals surface area contributed by atoms with Gasteiger partial charge in [0, 0.05) is 52.4 Å². The second-order valence-corrected chi connectivity index (χ2v) is 10.2. The van der Waals surface area contributed by atoms with Crippen LogP contribution in [0.25, 0.3) is 0 Å². The van der Waals surface area contributed by atoms with Gasteiger partial charge < -0.3 is 24.1 Å². The van der Waals surface area contributed by atoms with Crippen LogP contribution >= 0.6 is 0 Å². The first kappa shape index (κ1) is 36.7. The zero-order valence-corrected chi connectivity index (χ0v) is 25.2. The Balaban J connectivity index is 2.29. The zero-order chi connectivity index (χ0) is 32.7. The summed E-state index contributed by atoms with van der Waals surface area (Å²) in [7, 11) is 3.82. The summed E-state index contributed by atoms with van der Waals surface area (Å²) in [4.78, 5) is 56.1. The van der Waals surface area contributed by atoms with Crippen molar-refractivity contribution < 1.29 is 56.4 Å². The molecule has 0 aliphatic carbocycles. The first-order valence-corrected chi connectivity index (χ1v) is 14.0. The number of nitrogens with zero attached hydrogens (tertiary/aromatic N) is 4. The van der Waals surface area contributed by atoms with Gasteiger partial charge in [0.25, 0.3) is 0 Å². The van der Waals surface area contributed by atoms with Crippen molar-refractivity contribution in [2.75, 3.05) is 99.9 Å². The third-order valence-electron chi connectivity index (χ3n) is 7.09. The van der Waals surface area contributed by atoms with Crippen LogP contribution in [0.1, 0.15) is 5.56 Å². The molecule has 44 heavy (non-hydrogen) atoms. The van der Waals surface area contributed by atoms with Crippen molar-refractivity contribution >= 4 is 23.9 Å². The fourth-order valence-electron chi connectivity index (χ4n) is 4.56. The molecular formula is C28H41F3N4O9. The molecule has 0 radical (unpaired) electrons. The Bertz CT molecular complexity index is 1040. The Morgan fingerprint density at radius 1 is 0.727 bits per heavy atom. The summed E-state index contributed by atoms with van der Waals surface area (Å²) in [6.45, 7) is 0.939. The van der Waals surface area contributed by atoms with Gasteiger partial charge in [-0.1, -0.05) is 12.1 Å². The number of aliphatic carboxylic acids is 1. The number of halogens is 3. The van der Waals surface area contributed by atoms with Gasteiger partial charge in [0.15, 0.2) is 6.61 Å². The number of alkyl halides is 3. The highest BCUT2D eigenvalue weighted by atomic mass is 19.4. The molecule has 0 amide bonds. The molecule has 0 bridgehead atoms. The van der Waals surface area contributed by atoms with Crippen LogP contribution in [0.15, 0.2) is 24.3 Å². The summed E-state index contributed by atoms with van der Waals surface area (Å²) in [6.07, 6.45) is -4.45. The smallest absolute Gasteiger partial charge is 0.422 e. The number of methoxy groups -OCH3 is 3. The molecule has 1 N–H and O–H groups in total. The van der Waals surface area contributed by atoms with E-state index in [0.717, 1.165) is 0 Å². The van der Waals surface area contributed by atoms with Crippen LogP contribution in [-0.2, 0) is 39.8 Å². The molecule has 1 unspecified atom stereocenters. The van der Waals surface area contributed by atoms with E-state index in [9.17, 15) is 37.5 Å². The highest BCUT2D eigenvalue weighted by molar-refractivity contribution is 5.74. The van der Waals surface area contributed by atoms with Crippen molar-refractivity contribution in [3.8, 4) is 5.75 Å². The van der Waals surface area contributed by atoms with E-state index in [1.54, 1.807) is 4.90 Å². The van der Waals surface area contributed by atoms with E-state index in [1.165, 1.54) is 45.6 Å². The maximum absolute atomic E-state index is 12.5. The minimum Gasteiger partial charge on any atom is -0.484 e. The number of carbonyl (C=O) groups is 4. The summed E-state index contributed by atoms with van der Waals surface area (Å²) in [6, 6.07) is 4.71. The summed E-state index contributed by atoms with van der Waals surface area (Å²) < 4.78 is 56.7. The van der Waals surface area contributed by atoms with Gasteiger partial charge in [-0.05, 0) is 24.1 Å². The van der Waals surface area contributed by atoms with Crippen molar-refractivity contribution in [2.24, 2.45) is 0 Å². The number of esters is 3. The largest absolute Gasteiger partial charge is 0.484 e. The van der Waals surface area contributed by atoms with E-state index < -0.39 is 42.7 Å². The Morgan fingerprint density at radius 2 is 1.11 bits per heavy atom. The van der Waals surface area contributed by atoms with E-state index in [0.29, 0.717) is 31.7 Å². The molecule has 1 fully saturated rings. The molecule has 1 aliphatic heterocycles. The Kier molecular flexibility index (Phi) is 15.3. The average molecular weight is 635 g/mol. The number of hydrogen-bond donors (Lipinski definition) is 1. The fourth-order valence-corrected chi connectivity index (χ4v) is 4.56. The van der Waals surface area contributed by atoms with Crippen molar-refractivity contribution in [1.29, 1.82) is 0 Å². The average Bonchev–Trinajstić information content (AvgIpc) is 2.98. The molecule has 2 rings (SSSR count). The molecule has 1 aliphatic rings. The number of rotatable bonds is 12. The van der Waals surface area contributed by atoms with Gasteiger partial charge in [0.2, 0.25) is 0 Å². The van der Waals surface area contributed by atoms with Crippen LogP contribution in [0.3, 0.4) is 0 Å². The molecular weight excluding hydrogens is 593 g/mol. The van der Waals surface area contributed by atoms with Gasteiger partial charge in [-0.25, -0.2) is 0 Å². The molecule has 0 aromatic heterocycles. The standard InChI is InChI=1S/C28H41F3N4O9/c1-41-24(36)17-32-8-10-33(18-25(37)42-2)12-14-35(15-13-34(11-9-32)19-26(38)43-3)23(27(39)40)16-21-4-6-22(7-5-21)44-20-28(29,30)31/h4-7,23H,8-20H2,1-3H3,(H,39,40). The molecule has 248 valence electrons. The number of benzene rings is 1. The summed E-state index contributed by atoms with van der Waals surface area (Å²) >= 11 is 0. The monoisotopic (exact) mass is 634 g/mol. The van der Waals surface area contributed by atoms with E-state index in [1.807, 2.05) is 14.7 Å². The fraction of sp³-hybridized carbons (Fsp3) is 0.643. The van der Waals surface area contributed by atoms with Crippen LogP contribution in [0.5, 0.6) is 5.75 Å². The van der Waals surface area contributed by atoms with E-state index >= 15 is 0 Å². The number of ether oxygens (including phenoxy) is 4. The van der Waals surface area contributed by atoms with E-state index in [4.69, 9.17) is 18.9 Å². The van der Waals surface area contributed by atoms with Gasteiger partial charge in [0.1, 0.15) is 11.8 Å². The highest BCUT2D eigenvalue weighted by Gasteiger charge is 2.30. The van der Waals surface area contributed by atoms with E-state index in [2.05, 4.69) is 0 Å². The molecule has 13 nitrogen and oxygen atoms in total. The lowest BCUT2D eigenvalue weighted by molar-refractivity contribution is -0.153. The predicted molar refractivity (Wildman–Crippen MR) is 150 cm³/mol. The minimum absolute atomic E-state index is 0.00186. The first-order valence-electron chi connectivity index (χ1n) is 14.0. The van der Waals surface area contributed by atoms with Crippen LogP contribution in [0, 0.1) is 0 Å². The van der Waals surface area contributed by atoms with Crippen LogP contribution < -0.4 is 4.74 Å². The molecule has 16 heteroatoms. The summed E-state index contributed by atoms with van der Waals surface area (Å²) in [5, 5.41) is 10.2. The molecule has 0 spiro atoms. The van der Waals surface area contributed by atoms with Crippen molar-refractivity contribution in [3.63, 3.8) is 0 Å². The third kappa shape index (κ3) is 13.9. The molecule has 1 heterocycles. The second-order valence-electron chi connectivity index (χ2n) is 10.2. The lowest BCUT2D eigenvalue weighted by atomic mass is 10.0. The van der Waals surface area contributed by atoms with Crippen LogP contribution in [-0.4, -0.2) is 161 Å². The van der Waals surface area contributed by atoms with Gasteiger partial charge in [-0.3, -0.25) is 38.8 Å².